The Balaban J connectivity index is 1.98. The molecule has 0 bridgehead atoms. The summed E-state index contributed by atoms with van der Waals surface area (Å²) in [4.78, 5) is 1.89. The van der Waals surface area contributed by atoms with Crippen LogP contribution < -0.4 is 0 Å². The lowest BCUT2D eigenvalue weighted by Gasteiger charge is -2.21. The predicted molar refractivity (Wildman–Crippen MR) is 74.1 cm³/mol. The number of halogens is 2. The van der Waals surface area contributed by atoms with E-state index in [9.17, 15) is 13.9 Å². The van der Waals surface area contributed by atoms with Crippen LogP contribution in [0.25, 0.3) is 0 Å². The highest BCUT2D eigenvalue weighted by molar-refractivity contribution is 5.21. The zero-order chi connectivity index (χ0) is 14.5. The molecule has 1 N–H and O–H groups in total. The normalized spacial score (nSPS) is 12.7. The van der Waals surface area contributed by atoms with Crippen LogP contribution in [0.5, 0.6) is 0 Å². The highest BCUT2D eigenvalue weighted by Gasteiger charge is 2.15. The third kappa shape index (κ3) is 3.85. The Kier molecular flexibility index (Phi) is 4.82. The fraction of sp³-hybridized carbons (Fsp3) is 0.250. The van der Waals surface area contributed by atoms with E-state index >= 15 is 0 Å². The first kappa shape index (κ1) is 14.6. The van der Waals surface area contributed by atoms with Gasteiger partial charge >= 0.3 is 0 Å². The summed E-state index contributed by atoms with van der Waals surface area (Å²) < 4.78 is 26.4. The molecule has 4 heteroatoms. The SMILES string of the molecule is CN(Cc1ccccc1)CC(O)c1ccc(F)cc1F. The van der Waals surface area contributed by atoms with Crippen LogP contribution in [-0.2, 0) is 6.54 Å². The lowest BCUT2D eigenvalue weighted by atomic mass is 10.1. The van der Waals surface area contributed by atoms with E-state index in [2.05, 4.69) is 0 Å². The summed E-state index contributed by atoms with van der Waals surface area (Å²) in [6.45, 7) is 0.929. The van der Waals surface area contributed by atoms with Crippen LogP contribution in [0.4, 0.5) is 8.78 Å². The molecule has 0 amide bonds. The summed E-state index contributed by atoms with van der Waals surface area (Å²) >= 11 is 0. The molecule has 0 aliphatic rings. The van der Waals surface area contributed by atoms with Gasteiger partial charge in [-0.3, -0.25) is 4.90 Å². The van der Waals surface area contributed by atoms with Crippen molar-refractivity contribution >= 4 is 0 Å². The molecule has 20 heavy (non-hydrogen) atoms. The summed E-state index contributed by atoms with van der Waals surface area (Å²) in [6.07, 6.45) is -0.982. The van der Waals surface area contributed by atoms with Crippen molar-refractivity contribution in [3.05, 3.63) is 71.3 Å². The summed E-state index contributed by atoms with van der Waals surface area (Å²) in [5.74, 6) is -1.36. The number of hydrogen-bond donors (Lipinski definition) is 1. The van der Waals surface area contributed by atoms with Gasteiger partial charge in [0.05, 0.1) is 6.10 Å². The molecule has 2 nitrogen and oxygen atoms in total. The lowest BCUT2D eigenvalue weighted by molar-refractivity contribution is 0.120. The van der Waals surface area contributed by atoms with E-state index in [1.165, 1.54) is 6.07 Å². The van der Waals surface area contributed by atoms with Crippen LogP contribution in [0.15, 0.2) is 48.5 Å². The molecule has 1 atom stereocenters. The van der Waals surface area contributed by atoms with Crippen molar-refractivity contribution in [2.75, 3.05) is 13.6 Å². The zero-order valence-corrected chi connectivity index (χ0v) is 11.3. The van der Waals surface area contributed by atoms with Gasteiger partial charge in [-0.25, -0.2) is 8.78 Å². The molecule has 0 aliphatic carbocycles. The Labute approximate surface area is 117 Å². The van der Waals surface area contributed by atoms with E-state index < -0.39 is 17.7 Å². The Morgan fingerprint density at radius 3 is 2.45 bits per heavy atom. The smallest absolute Gasteiger partial charge is 0.131 e. The number of rotatable bonds is 5. The number of hydrogen-bond acceptors (Lipinski definition) is 2. The van der Waals surface area contributed by atoms with E-state index in [1.54, 1.807) is 0 Å². The van der Waals surface area contributed by atoms with Gasteiger partial charge in [0.2, 0.25) is 0 Å². The monoisotopic (exact) mass is 277 g/mol. The van der Waals surface area contributed by atoms with Crippen molar-refractivity contribution in [3.8, 4) is 0 Å². The topological polar surface area (TPSA) is 23.5 Å². The average Bonchev–Trinajstić information content (AvgIpc) is 2.39. The maximum Gasteiger partial charge on any atom is 0.131 e. The van der Waals surface area contributed by atoms with Crippen molar-refractivity contribution < 1.29 is 13.9 Å². The molecule has 2 aromatic rings. The minimum Gasteiger partial charge on any atom is -0.387 e. The first-order valence-electron chi connectivity index (χ1n) is 6.42. The molecule has 2 aromatic carbocycles. The van der Waals surface area contributed by atoms with E-state index in [4.69, 9.17) is 0 Å². The van der Waals surface area contributed by atoms with Crippen LogP contribution in [0, 0.1) is 11.6 Å². The number of aliphatic hydroxyl groups excluding tert-OH is 1. The Hall–Kier alpha value is -1.78. The Morgan fingerprint density at radius 1 is 1.10 bits per heavy atom. The Bertz CT molecular complexity index is 560. The molecule has 0 aromatic heterocycles. The molecule has 0 aliphatic heterocycles. The van der Waals surface area contributed by atoms with Crippen LogP contribution >= 0.6 is 0 Å². The van der Waals surface area contributed by atoms with Crippen molar-refractivity contribution in [1.29, 1.82) is 0 Å². The van der Waals surface area contributed by atoms with Gasteiger partial charge in [-0.2, -0.15) is 0 Å². The van der Waals surface area contributed by atoms with Gasteiger partial charge < -0.3 is 5.11 Å². The zero-order valence-electron chi connectivity index (χ0n) is 11.3. The van der Waals surface area contributed by atoms with Crippen molar-refractivity contribution in [2.45, 2.75) is 12.6 Å². The molecule has 1 unspecified atom stereocenters. The van der Waals surface area contributed by atoms with Crippen molar-refractivity contribution in [3.63, 3.8) is 0 Å². The molecular weight excluding hydrogens is 260 g/mol. The fourth-order valence-corrected chi connectivity index (χ4v) is 2.12. The number of aliphatic hydroxyl groups is 1. The van der Waals surface area contributed by atoms with E-state index in [-0.39, 0.29) is 12.1 Å². The molecule has 0 saturated carbocycles. The molecule has 0 spiro atoms. The first-order valence-corrected chi connectivity index (χ1v) is 6.42. The van der Waals surface area contributed by atoms with Crippen LogP contribution in [0.1, 0.15) is 17.2 Å². The van der Waals surface area contributed by atoms with Crippen LogP contribution in [0.3, 0.4) is 0 Å². The minimum absolute atomic E-state index is 0.117. The van der Waals surface area contributed by atoms with E-state index in [0.717, 1.165) is 17.7 Å². The fourth-order valence-electron chi connectivity index (χ4n) is 2.12. The van der Waals surface area contributed by atoms with Crippen LogP contribution in [-0.4, -0.2) is 23.6 Å². The maximum absolute atomic E-state index is 13.6. The quantitative estimate of drug-likeness (QED) is 0.907. The second-order valence-electron chi connectivity index (χ2n) is 4.86. The van der Waals surface area contributed by atoms with E-state index in [1.807, 2.05) is 42.3 Å². The maximum atomic E-state index is 13.6. The second kappa shape index (κ2) is 6.59. The van der Waals surface area contributed by atoms with Crippen LogP contribution in [0.2, 0.25) is 0 Å². The summed E-state index contributed by atoms with van der Waals surface area (Å²) in [7, 11) is 1.84. The van der Waals surface area contributed by atoms with Gasteiger partial charge in [0, 0.05) is 24.7 Å². The van der Waals surface area contributed by atoms with Gasteiger partial charge in [-0.15, -0.1) is 0 Å². The van der Waals surface area contributed by atoms with Gasteiger partial charge in [-0.05, 0) is 18.7 Å². The van der Waals surface area contributed by atoms with Gasteiger partial charge in [0.15, 0.2) is 0 Å². The standard InChI is InChI=1S/C16H17F2NO/c1-19(10-12-5-3-2-4-6-12)11-16(20)14-8-7-13(17)9-15(14)18/h2-9,16,20H,10-11H2,1H3. The molecular formula is C16H17F2NO. The third-order valence-electron chi connectivity index (χ3n) is 3.10. The molecule has 2 rings (SSSR count). The predicted octanol–water partition coefficient (Wildman–Crippen LogP) is 3.13. The third-order valence-corrected chi connectivity index (χ3v) is 3.10. The number of nitrogens with zero attached hydrogens (tertiary/aromatic N) is 1. The highest BCUT2D eigenvalue weighted by Crippen LogP contribution is 2.19. The summed E-state index contributed by atoms with van der Waals surface area (Å²) in [6, 6.07) is 13.0. The Morgan fingerprint density at radius 2 is 1.80 bits per heavy atom. The second-order valence-corrected chi connectivity index (χ2v) is 4.86. The lowest BCUT2D eigenvalue weighted by Crippen LogP contribution is -2.24. The minimum atomic E-state index is -0.982. The van der Waals surface area contributed by atoms with Gasteiger partial charge in [-0.1, -0.05) is 36.4 Å². The molecule has 0 radical (unpaired) electrons. The molecule has 106 valence electrons. The number of benzene rings is 2. The van der Waals surface area contributed by atoms with E-state index in [0.29, 0.717) is 6.54 Å². The summed E-state index contributed by atoms with van der Waals surface area (Å²) in [5, 5.41) is 10.0. The first-order chi connectivity index (χ1) is 9.56. The highest BCUT2D eigenvalue weighted by atomic mass is 19.1. The van der Waals surface area contributed by atoms with Gasteiger partial charge in [0.1, 0.15) is 11.6 Å². The largest absolute Gasteiger partial charge is 0.387 e. The number of likely N-dealkylation sites (N-methyl/N-ethyl adjacent to an activating group) is 1. The van der Waals surface area contributed by atoms with Crippen molar-refractivity contribution in [1.82, 2.24) is 4.90 Å². The summed E-state index contributed by atoms with van der Waals surface area (Å²) in [5.41, 5.74) is 1.23. The average molecular weight is 277 g/mol. The molecule has 0 fully saturated rings. The molecule has 0 heterocycles. The molecule has 0 saturated heterocycles. The van der Waals surface area contributed by atoms with Crippen molar-refractivity contribution in [2.24, 2.45) is 0 Å². The van der Waals surface area contributed by atoms with Gasteiger partial charge in [0.25, 0.3) is 0 Å².